The van der Waals surface area contributed by atoms with Gasteiger partial charge in [-0.05, 0) is 31.2 Å². The van der Waals surface area contributed by atoms with Crippen molar-refractivity contribution in [1.29, 1.82) is 0 Å². The van der Waals surface area contributed by atoms with Crippen LogP contribution in [0.2, 0.25) is 0 Å². The summed E-state index contributed by atoms with van der Waals surface area (Å²) < 4.78 is 10.3. The zero-order valence-electron chi connectivity index (χ0n) is 12.4. The first kappa shape index (κ1) is 16.5. The Morgan fingerprint density at radius 2 is 2.20 bits per heavy atom. The largest absolute Gasteiger partial charge is 0.484 e. The first-order valence-electron chi connectivity index (χ1n) is 6.89. The van der Waals surface area contributed by atoms with E-state index in [2.05, 4.69) is 24.5 Å². The molecule has 0 aliphatic carbocycles. The van der Waals surface area contributed by atoms with E-state index in [4.69, 9.17) is 9.47 Å². The standard InChI is InChI=1S/C15H24N2O3/c1-4-16-12(2)13-6-5-7-14(10-13)20-11-15(18)17-8-9-19-3/h5-7,10,12,16H,4,8-9,11H2,1-3H3,(H,17,18). The lowest BCUT2D eigenvalue weighted by atomic mass is 10.1. The van der Waals surface area contributed by atoms with Gasteiger partial charge in [0.1, 0.15) is 5.75 Å². The zero-order valence-corrected chi connectivity index (χ0v) is 12.4. The molecule has 1 amide bonds. The molecule has 0 saturated heterocycles. The summed E-state index contributed by atoms with van der Waals surface area (Å²) in [6, 6.07) is 8.04. The minimum absolute atomic E-state index is 0.0166. The number of nitrogens with one attached hydrogen (secondary N) is 2. The molecule has 0 aliphatic heterocycles. The molecule has 0 aliphatic rings. The van der Waals surface area contributed by atoms with Crippen LogP contribution in [0.25, 0.3) is 0 Å². The van der Waals surface area contributed by atoms with Crippen molar-refractivity contribution in [3.05, 3.63) is 29.8 Å². The molecule has 1 unspecified atom stereocenters. The second-order valence-corrected chi connectivity index (χ2v) is 4.48. The lowest BCUT2D eigenvalue weighted by molar-refractivity contribution is -0.123. The van der Waals surface area contributed by atoms with Crippen molar-refractivity contribution in [1.82, 2.24) is 10.6 Å². The Kier molecular flexibility index (Phi) is 7.69. The van der Waals surface area contributed by atoms with Crippen LogP contribution in [0.3, 0.4) is 0 Å². The number of carbonyl (C=O) groups excluding carboxylic acids is 1. The lowest BCUT2D eigenvalue weighted by Gasteiger charge is -2.14. The Morgan fingerprint density at radius 3 is 2.90 bits per heavy atom. The van der Waals surface area contributed by atoms with Crippen molar-refractivity contribution in [2.24, 2.45) is 0 Å². The Balaban J connectivity index is 2.44. The van der Waals surface area contributed by atoms with Gasteiger partial charge in [-0.3, -0.25) is 4.79 Å². The normalized spacial score (nSPS) is 11.9. The minimum atomic E-state index is -0.146. The number of hydrogen-bond acceptors (Lipinski definition) is 4. The Hall–Kier alpha value is -1.59. The summed E-state index contributed by atoms with van der Waals surface area (Å²) in [5.74, 6) is 0.557. The minimum Gasteiger partial charge on any atom is -0.484 e. The third-order valence-electron chi connectivity index (χ3n) is 2.87. The van der Waals surface area contributed by atoms with Gasteiger partial charge in [-0.1, -0.05) is 19.1 Å². The molecule has 0 heterocycles. The molecular formula is C15H24N2O3. The maximum absolute atomic E-state index is 11.5. The van der Waals surface area contributed by atoms with E-state index < -0.39 is 0 Å². The summed E-state index contributed by atoms with van der Waals surface area (Å²) in [7, 11) is 1.60. The first-order chi connectivity index (χ1) is 9.67. The third-order valence-corrected chi connectivity index (χ3v) is 2.87. The Bertz CT molecular complexity index is 410. The van der Waals surface area contributed by atoms with Crippen molar-refractivity contribution in [3.63, 3.8) is 0 Å². The van der Waals surface area contributed by atoms with Crippen LogP contribution in [-0.2, 0) is 9.53 Å². The van der Waals surface area contributed by atoms with Crippen LogP contribution in [0.5, 0.6) is 5.75 Å². The molecule has 1 aromatic carbocycles. The molecule has 0 fully saturated rings. The molecule has 1 atom stereocenters. The Labute approximate surface area is 120 Å². The number of benzene rings is 1. The van der Waals surface area contributed by atoms with Gasteiger partial charge in [-0.2, -0.15) is 0 Å². The van der Waals surface area contributed by atoms with Gasteiger partial charge in [0.05, 0.1) is 6.61 Å². The number of amides is 1. The second-order valence-electron chi connectivity index (χ2n) is 4.48. The maximum Gasteiger partial charge on any atom is 0.258 e. The topological polar surface area (TPSA) is 59.6 Å². The van der Waals surface area contributed by atoms with E-state index in [-0.39, 0.29) is 18.6 Å². The van der Waals surface area contributed by atoms with Crippen LogP contribution in [0.4, 0.5) is 0 Å². The van der Waals surface area contributed by atoms with E-state index in [9.17, 15) is 4.79 Å². The molecule has 5 nitrogen and oxygen atoms in total. The fourth-order valence-electron chi connectivity index (χ4n) is 1.79. The van der Waals surface area contributed by atoms with E-state index in [0.29, 0.717) is 18.9 Å². The van der Waals surface area contributed by atoms with Crippen LogP contribution in [0.1, 0.15) is 25.5 Å². The van der Waals surface area contributed by atoms with Crippen molar-refractivity contribution < 1.29 is 14.3 Å². The van der Waals surface area contributed by atoms with Gasteiger partial charge in [-0.15, -0.1) is 0 Å². The average molecular weight is 280 g/mol. The predicted octanol–water partition coefficient (Wildman–Crippen LogP) is 1.50. The highest BCUT2D eigenvalue weighted by molar-refractivity contribution is 5.77. The van der Waals surface area contributed by atoms with Crippen molar-refractivity contribution in [3.8, 4) is 5.75 Å². The number of rotatable bonds is 9. The number of hydrogen-bond donors (Lipinski definition) is 2. The lowest BCUT2D eigenvalue weighted by Crippen LogP contribution is -2.31. The smallest absolute Gasteiger partial charge is 0.258 e. The van der Waals surface area contributed by atoms with Crippen molar-refractivity contribution in [2.75, 3.05) is 33.4 Å². The van der Waals surface area contributed by atoms with E-state index in [1.165, 1.54) is 0 Å². The summed E-state index contributed by atoms with van der Waals surface area (Å²) >= 11 is 0. The molecule has 0 aromatic heterocycles. The molecular weight excluding hydrogens is 256 g/mol. The fourth-order valence-corrected chi connectivity index (χ4v) is 1.79. The number of ether oxygens (including phenoxy) is 2. The summed E-state index contributed by atoms with van der Waals surface area (Å²) in [6.07, 6.45) is 0. The quantitative estimate of drug-likeness (QED) is 0.673. The maximum atomic E-state index is 11.5. The average Bonchev–Trinajstić information content (AvgIpc) is 2.46. The third kappa shape index (κ3) is 6.04. The molecule has 1 aromatic rings. The highest BCUT2D eigenvalue weighted by Gasteiger charge is 2.06. The summed E-state index contributed by atoms with van der Waals surface area (Å²) in [5.41, 5.74) is 1.14. The number of methoxy groups -OCH3 is 1. The molecule has 0 saturated carbocycles. The van der Waals surface area contributed by atoms with Crippen LogP contribution in [0.15, 0.2) is 24.3 Å². The Morgan fingerprint density at radius 1 is 1.40 bits per heavy atom. The van der Waals surface area contributed by atoms with Gasteiger partial charge in [0.25, 0.3) is 5.91 Å². The molecule has 20 heavy (non-hydrogen) atoms. The first-order valence-corrected chi connectivity index (χ1v) is 6.89. The van der Waals surface area contributed by atoms with Gasteiger partial charge in [0, 0.05) is 19.7 Å². The molecule has 1 rings (SSSR count). The summed E-state index contributed by atoms with van der Waals surface area (Å²) in [4.78, 5) is 11.5. The highest BCUT2D eigenvalue weighted by atomic mass is 16.5. The van der Waals surface area contributed by atoms with Crippen LogP contribution >= 0.6 is 0 Å². The van der Waals surface area contributed by atoms with Crippen molar-refractivity contribution in [2.45, 2.75) is 19.9 Å². The highest BCUT2D eigenvalue weighted by Crippen LogP contribution is 2.18. The van der Waals surface area contributed by atoms with Crippen molar-refractivity contribution >= 4 is 5.91 Å². The SMILES string of the molecule is CCNC(C)c1cccc(OCC(=O)NCCOC)c1. The van der Waals surface area contributed by atoms with Gasteiger partial charge < -0.3 is 20.1 Å². The van der Waals surface area contributed by atoms with E-state index in [1.54, 1.807) is 7.11 Å². The molecule has 0 radical (unpaired) electrons. The van der Waals surface area contributed by atoms with Crippen LogP contribution in [0, 0.1) is 0 Å². The van der Waals surface area contributed by atoms with Gasteiger partial charge in [-0.25, -0.2) is 0 Å². The second kappa shape index (κ2) is 9.34. The van der Waals surface area contributed by atoms with Gasteiger partial charge in [0.2, 0.25) is 0 Å². The molecule has 0 bridgehead atoms. The summed E-state index contributed by atoms with van der Waals surface area (Å²) in [6.45, 7) is 6.09. The molecule has 2 N–H and O–H groups in total. The van der Waals surface area contributed by atoms with Gasteiger partial charge in [0.15, 0.2) is 6.61 Å². The monoisotopic (exact) mass is 280 g/mol. The van der Waals surface area contributed by atoms with Gasteiger partial charge >= 0.3 is 0 Å². The summed E-state index contributed by atoms with van der Waals surface area (Å²) in [5, 5.41) is 6.05. The van der Waals surface area contributed by atoms with E-state index in [0.717, 1.165) is 12.1 Å². The molecule has 0 spiro atoms. The van der Waals surface area contributed by atoms with E-state index >= 15 is 0 Å². The zero-order chi connectivity index (χ0) is 14.8. The molecule has 112 valence electrons. The van der Waals surface area contributed by atoms with E-state index in [1.807, 2.05) is 24.3 Å². The number of carbonyl (C=O) groups is 1. The van der Waals surface area contributed by atoms with Crippen LogP contribution in [-0.4, -0.2) is 39.3 Å². The van der Waals surface area contributed by atoms with Crippen LogP contribution < -0.4 is 15.4 Å². The fraction of sp³-hybridized carbons (Fsp3) is 0.533. The molecule has 5 heteroatoms. The predicted molar refractivity (Wildman–Crippen MR) is 78.9 cm³/mol.